The molecule has 4 heterocycles. The molecule has 9 aromatic carbocycles. The first-order chi connectivity index (χ1) is 54.9. The van der Waals surface area contributed by atoms with Crippen LogP contribution in [0.2, 0.25) is 20.1 Å². The van der Waals surface area contributed by atoms with Gasteiger partial charge < -0.3 is 120 Å². The normalized spacial score (nSPS) is 27.8. The largest absolute Gasteiger partial charge is 0.489 e. The Hall–Kier alpha value is -7.46. The van der Waals surface area contributed by atoms with Crippen molar-refractivity contribution >= 4 is 46.4 Å². The zero-order valence-corrected chi connectivity index (χ0v) is 64.3. The van der Waals surface area contributed by atoms with Gasteiger partial charge in [-0.25, -0.2) is 0 Å². The Morgan fingerprint density at radius 3 is 0.605 bits per heavy atom. The summed E-state index contributed by atoms with van der Waals surface area (Å²) in [5.74, 6) is 2.06. The number of aliphatic hydroxyl groups excluding tert-OH is 16. The van der Waals surface area contributed by atoms with Crippen LogP contribution in [0, 0.1) is 0 Å². The van der Waals surface area contributed by atoms with E-state index in [0.717, 1.165) is 44.5 Å². The van der Waals surface area contributed by atoms with Crippen LogP contribution in [0.25, 0.3) is 0 Å². The molecular formula is C86H90Cl4O24. The predicted octanol–water partition coefficient (Wildman–Crippen LogP) is 7.04. The van der Waals surface area contributed by atoms with Crippen LogP contribution in [-0.2, 0) is 71.1 Å². The fourth-order valence-corrected chi connectivity index (χ4v) is 15.5. The lowest BCUT2D eigenvalue weighted by molar-refractivity contribution is -0.231. The molecule has 0 aliphatic carbocycles. The standard InChI is InChI=1S/C86H90Cl4O24/c87-63-21-9-47(83-79(103)75(99)71(95)67(35-91)111-83)29-51(63)25-43-1-13-59(14-2-43)107-39-55-33-57(41-109-61-17-5-45(6-18-61)27-53-31-49(11-23-65(53)89)85-81(105)77(101)73(97)69(37-93)113-85)58(42-110-62-19-7-46(8-20-62)28-54-32-50(12-24-66(54)90)86-82(106)78(102)74(98)70(38-94)114-86)34-56(55)40-108-60-15-3-44(4-16-60)26-52-30-48(10-22-64(52)88)84-80(104)76(100)72(96)68(36-92)112-84/h1-24,29-34,67-86,91-106H,25-28,35-42H2/t67-,68-,69-,70+,71-,72-,73-,74+,75+,76+,77+,78-,79-,80-,81-,82+,83+,84+,85+,86-/m1/s1. The van der Waals surface area contributed by atoms with Gasteiger partial charge in [-0.15, -0.1) is 0 Å². The predicted molar refractivity (Wildman–Crippen MR) is 417 cm³/mol. The van der Waals surface area contributed by atoms with Crippen LogP contribution in [0.3, 0.4) is 0 Å². The molecule has 4 fully saturated rings. The minimum absolute atomic E-state index is 0.0345. The van der Waals surface area contributed by atoms with Gasteiger partial charge >= 0.3 is 0 Å². The van der Waals surface area contributed by atoms with Crippen LogP contribution in [0.5, 0.6) is 23.0 Å². The summed E-state index contributed by atoms with van der Waals surface area (Å²) in [5.41, 5.74) is 11.0. The van der Waals surface area contributed by atoms with Gasteiger partial charge in [0.1, 0.15) is 172 Å². The third-order valence-corrected chi connectivity index (χ3v) is 23.0. The number of hydrogen-bond donors (Lipinski definition) is 16. The summed E-state index contributed by atoms with van der Waals surface area (Å²) < 4.78 is 49.9. The maximum atomic E-state index is 10.9. The van der Waals surface area contributed by atoms with Crippen molar-refractivity contribution in [2.24, 2.45) is 0 Å². The Labute approximate surface area is 676 Å². The van der Waals surface area contributed by atoms with Crippen LogP contribution in [-0.4, -0.2) is 206 Å². The van der Waals surface area contributed by atoms with E-state index < -0.39 is 149 Å². The smallest absolute Gasteiger partial charge is 0.119 e. The van der Waals surface area contributed by atoms with Gasteiger partial charge in [0.2, 0.25) is 0 Å². The molecule has 24 nitrogen and oxygen atoms in total. The SMILES string of the molecule is OC[C@@H]1O[C@H](c2ccc(Cl)c(Cc3ccc(OCc4cc(COc5ccc(Cc6cc([C@@H]7O[C@H](CO)[C@@H](O)[C@H](O)[C@H]7O)ccc6Cl)cc5)c(COc5ccc(Cc6cc([C@@H]7O[C@H](CO)[C@@H](O)[C@H](O)[C@H]7O)ccc6Cl)cc5)cc4COc4ccc(Cc5cc([C@@H]6O[C@H](CO)[C@@H](O)[C@H](O)[C@H]6O)ccc5Cl)cc4)cc3)c2)[C@@H](O)[C@H](O)[C@H]1O. The molecule has 0 bridgehead atoms. The quantitative estimate of drug-likeness (QED) is 0.0234. The van der Waals surface area contributed by atoms with Crippen molar-refractivity contribution in [3.05, 3.63) is 291 Å². The lowest BCUT2D eigenvalue weighted by Gasteiger charge is -2.40. The summed E-state index contributed by atoms with van der Waals surface area (Å²) in [7, 11) is 0. The molecule has 28 heteroatoms. The van der Waals surface area contributed by atoms with E-state index in [1.165, 1.54) is 0 Å². The molecule has 4 saturated heterocycles. The Kier molecular flexibility index (Phi) is 28.0. The molecule has 20 atom stereocenters. The number of rotatable bonds is 28. The van der Waals surface area contributed by atoms with Crippen molar-refractivity contribution in [2.75, 3.05) is 26.4 Å². The van der Waals surface area contributed by atoms with Gasteiger partial charge in [-0.05, 0) is 200 Å². The van der Waals surface area contributed by atoms with E-state index >= 15 is 0 Å². The average molecular weight is 1650 g/mol. The van der Waals surface area contributed by atoms with Crippen LogP contribution in [0.4, 0.5) is 0 Å². The van der Waals surface area contributed by atoms with E-state index in [4.69, 9.17) is 84.3 Å². The molecule has 114 heavy (non-hydrogen) atoms. The minimum Gasteiger partial charge on any atom is -0.489 e. The first kappa shape index (κ1) is 84.5. The van der Waals surface area contributed by atoms with E-state index in [1.807, 2.05) is 109 Å². The van der Waals surface area contributed by atoms with Crippen molar-refractivity contribution < 1.29 is 120 Å². The van der Waals surface area contributed by atoms with Gasteiger partial charge in [-0.1, -0.05) is 143 Å². The first-order valence-electron chi connectivity index (χ1n) is 37.2. The molecule has 0 amide bonds. The molecule has 0 unspecified atom stereocenters. The molecule has 606 valence electrons. The highest BCUT2D eigenvalue weighted by Crippen LogP contribution is 2.41. The molecule has 0 radical (unpaired) electrons. The van der Waals surface area contributed by atoms with E-state index in [0.29, 0.717) is 113 Å². The fraction of sp³-hybridized carbons (Fsp3) is 0.372. The summed E-state index contributed by atoms with van der Waals surface area (Å²) in [6, 6.07) is 53.9. The highest BCUT2D eigenvalue weighted by atomic mass is 35.5. The van der Waals surface area contributed by atoms with Gasteiger partial charge in [0.05, 0.1) is 26.4 Å². The monoisotopic (exact) mass is 1650 g/mol. The topological polar surface area (TPSA) is 398 Å². The summed E-state index contributed by atoms with van der Waals surface area (Å²) in [6.07, 6.45) is -25.6. The number of aliphatic hydroxyl groups is 16. The third-order valence-electron chi connectivity index (χ3n) is 21.5. The molecule has 9 aromatic rings. The summed E-state index contributed by atoms with van der Waals surface area (Å²) in [5, 5.41) is 169. The van der Waals surface area contributed by atoms with Crippen molar-refractivity contribution in [1.82, 2.24) is 0 Å². The third kappa shape index (κ3) is 19.4. The van der Waals surface area contributed by atoms with Gasteiger partial charge in [0, 0.05) is 20.1 Å². The lowest BCUT2D eigenvalue weighted by atomic mass is 9.90. The van der Waals surface area contributed by atoms with E-state index in [2.05, 4.69) is 0 Å². The second kappa shape index (κ2) is 37.9. The fourth-order valence-electron chi connectivity index (χ4n) is 14.8. The van der Waals surface area contributed by atoms with Gasteiger partial charge in [0.25, 0.3) is 0 Å². The number of halogens is 4. The first-order valence-corrected chi connectivity index (χ1v) is 38.7. The molecule has 4 aliphatic rings. The molecule has 16 N–H and O–H groups in total. The summed E-state index contributed by atoms with van der Waals surface area (Å²) in [4.78, 5) is 0. The van der Waals surface area contributed by atoms with Gasteiger partial charge in [-0.3, -0.25) is 0 Å². The van der Waals surface area contributed by atoms with E-state index in [1.54, 1.807) is 72.8 Å². The Morgan fingerprint density at radius 1 is 0.228 bits per heavy atom. The van der Waals surface area contributed by atoms with Crippen LogP contribution in [0.1, 0.15) is 113 Å². The highest BCUT2D eigenvalue weighted by Gasteiger charge is 2.48. The zero-order chi connectivity index (χ0) is 80.8. The van der Waals surface area contributed by atoms with Crippen molar-refractivity contribution in [2.45, 2.75) is 174 Å². The Morgan fingerprint density at radius 2 is 0.421 bits per heavy atom. The van der Waals surface area contributed by atoms with E-state index in [-0.39, 0.29) is 26.4 Å². The van der Waals surface area contributed by atoms with Crippen molar-refractivity contribution in [3.8, 4) is 23.0 Å². The molecule has 13 rings (SSSR count). The highest BCUT2D eigenvalue weighted by molar-refractivity contribution is 6.32. The second-order valence-corrected chi connectivity index (χ2v) is 30.9. The number of hydrogen-bond acceptors (Lipinski definition) is 24. The maximum Gasteiger partial charge on any atom is 0.119 e. The van der Waals surface area contributed by atoms with Crippen molar-refractivity contribution in [1.29, 1.82) is 0 Å². The average Bonchev–Trinajstić information content (AvgIpc) is 0.798. The van der Waals surface area contributed by atoms with Crippen LogP contribution >= 0.6 is 46.4 Å². The van der Waals surface area contributed by atoms with Crippen molar-refractivity contribution in [3.63, 3.8) is 0 Å². The van der Waals surface area contributed by atoms with Crippen LogP contribution in [0.15, 0.2) is 182 Å². The number of ether oxygens (including phenoxy) is 8. The minimum atomic E-state index is -1.57. The molecule has 0 saturated carbocycles. The Bertz CT molecular complexity index is 4110. The molecule has 0 spiro atoms. The Balaban J connectivity index is 0.777. The van der Waals surface area contributed by atoms with Gasteiger partial charge in [-0.2, -0.15) is 0 Å². The molecule has 4 aliphatic heterocycles. The maximum absolute atomic E-state index is 10.9. The summed E-state index contributed by atoms with van der Waals surface area (Å²) >= 11 is 27.0. The van der Waals surface area contributed by atoms with E-state index in [9.17, 15) is 81.7 Å². The summed E-state index contributed by atoms with van der Waals surface area (Å²) in [6.45, 7) is -2.18. The van der Waals surface area contributed by atoms with Crippen LogP contribution < -0.4 is 18.9 Å². The molecular weight excluding hydrogens is 1560 g/mol. The lowest BCUT2D eigenvalue weighted by Crippen LogP contribution is -2.55. The molecule has 0 aromatic heterocycles. The second-order valence-electron chi connectivity index (χ2n) is 29.2. The number of benzene rings is 9. The zero-order valence-electron chi connectivity index (χ0n) is 61.3. The van der Waals surface area contributed by atoms with Gasteiger partial charge in [0.15, 0.2) is 0 Å².